The molecule has 0 aliphatic carbocycles. The molecule has 10 aromatic rings. The maximum atomic E-state index is 6.69. The first-order valence-electron chi connectivity index (χ1n) is 21.2. The topological polar surface area (TPSA) is 36.3 Å². The Kier molecular flexibility index (Phi) is 9.04. The summed E-state index contributed by atoms with van der Waals surface area (Å²) >= 11 is 0. The van der Waals surface area contributed by atoms with Gasteiger partial charge < -0.3 is 23.8 Å². The first-order valence-corrected chi connectivity index (χ1v) is 21.2. The van der Waals surface area contributed by atoms with Gasteiger partial charge in [-0.05, 0) is 91.4 Å². The second kappa shape index (κ2) is 14.6. The van der Waals surface area contributed by atoms with Crippen molar-refractivity contribution in [2.75, 3.05) is 14.7 Å². The fourth-order valence-corrected chi connectivity index (χ4v) is 10.3. The van der Waals surface area contributed by atoms with Crippen molar-refractivity contribution in [3.63, 3.8) is 0 Å². The summed E-state index contributed by atoms with van der Waals surface area (Å²) in [6.07, 6.45) is 0. The first kappa shape index (κ1) is 39.0. The summed E-state index contributed by atoms with van der Waals surface area (Å²) in [6, 6.07) is 63.1. The zero-order valence-corrected chi connectivity index (χ0v) is 37.8. The molecular formula is C56H42N5OPt-3. The number of benzene rings is 8. The van der Waals surface area contributed by atoms with Gasteiger partial charge in [0.2, 0.25) is 0 Å². The maximum absolute atomic E-state index is 6.69. The van der Waals surface area contributed by atoms with Crippen molar-refractivity contribution < 1.29 is 25.8 Å². The van der Waals surface area contributed by atoms with Crippen LogP contribution in [0.2, 0.25) is 0 Å². The molecule has 63 heavy (non-hydrogen) atoms. The van der Waals surface area contributed by atoms with Gasteiger partial charge in [0.1, 0.15) is 0 Å². The number of imidazole rings is 1. The molecule has 6 nitrogen and oxygen atoms in total. The van der Waals surface area contributed by atoms with Gasteiger partial charge in [-0.25, -0.2) is 0 Å². The zero-order valence-electron chi connectivity index (χ0n) is 35.5. The van der Waals surface area contributed by atoms with Crippen LogP contribution in [-0.4, -0.2) is 9.38 Å². The number of para-hydroxylation sites is 6. The van der Waals surface area contributed by atoms with E-state index in [4.69, 9.17) is 9.72 Å². The Balaban J connectivity index is 0.00000444. The van der Waals surface area contributed by atoms with Crippen LogP contribution in [0, 0.1) is 39.6 Å². The van der Waals surface area contributed by atoms with Crippen LogP contribution in [0.15, 0.2) is 158 Å². The molecule has 0 atom stereocenters. The number of ether oxygens (including phenoxy) is 1. The minimum Gasteiger partial charge on any atom is -0.503 e. The molecule has 0 fully saturated rings. The number of anilines is 7. The van der Waals surface area contributed by atoms with Crippen molar-refractivity contribution in [2.24, 2.45) is 0 Å². The first-order chi connectivity index (χ1) is 30.2. The Hall–Kier alpha value is -6.88. The average Bonchev–Trinajstić information content (AvgIpc) is 3.86. The van der Waals surface area contributed by atoms with Crippen LogP contribution in [0.4, 0.5) is 39.8 Å². The van der Waals surface area contributed by atoms with Crippen LogP contribution < -0.4 is 19.4 Å². The summed E-state index contributed by atoms with van der Waals surface area (Å²) in [7, 11) is 0. The molecule has 0 N–H and O–H groups in total. The average molecular weight is 996 g/mol. The maximum Gasteiger partial charge on any atom is 0.0774 e. The van der Waals surface area contributed by atoms with E-state index in [0.29, 0.717) is 11.5 Å². The third kappa shape index (κ3) is 5.92. The predicted octanol–water partition coefficient (Wildman–Crippen LogP) is 14.6. The number of fused-ring (bicyclic) bond motifs is 12. The zero-order chi connectivity index (χ0) is 41.9. The van der Waals surface area contributed by atoms with Crippen LogP contribution in [0.1, 0.15) is 41.7 Å². The van der Waals surface area contributed by atoms with E-state index in [-0.39, 0.29) is 26.5 Å². The number of aryl methyl sites for hydroxylation is 3. The molecule has 310 valence electrons. The molecule has 2 aliphatic rings. The van der Waals surface area contributed by atoms with Crippen LogP contribution in [0.5, 0.6) is 11.5 Å². The van der Waals surface area contributed by atoms with E-state index in [2.05, 4.69) is 212 Å². The van der Waals surface area contributed by atoms with E-state index in [1.54, 1.807) is 0 Å². The van der Waals surface area contributed by atoms with Crippen LogP contribution in [0.25, 0.3) is 38.4 Å². The number of rotatable bonds is 5. The van der Waals surface area contributed by atoms with Gasteiger partial charge in [0.25, 0.3) is 0 Å². The summed E-state index contributed by atoms with van der Waals surface area (Å²) in [5.41, 5.74) is 17.7. The Labute approximate surface area is 381 Å². The molecule has 0 amide bonds. The molecule has 8 aromatic carbocycles. The van der Waals surface area contributed by atoms with Gasteiger partial charge in [0, 0.05) is 71.8 Å². The Morgan fingerprint density at radius 2 is 1.27 bits per heavy atom. The minimum atomic E-state index is -0.335. The van der Waals surface area contributed by atoms with Crippen molar-refractivity contribution in [1.29, 1.82) is 0 Å². The van der Waals surface area contributed by atoms with Gasteiger partial charge in [0.05, 0.1) is 28.1 Å². The quantitative estimate of drug-likeness (QED) is 0.127. The van der Waals surface area contributed by atoms with E-state index in [9.17, 15) is 0 Å². The smallest absolute Gasteiger partial charge is 0.0774 e. The molecule has 12 rings (SSSR count). The van der Waals surface area contributed by atoms with Crippen LogP contribution >= 0.6 is 0 Å². The molecular weight excluding hydrogens is 954 g/mol. The third-order valence-corrected chi connectivity index (χ3v) is 12.8. The predicted molar refractivity (Wildman–Crippen MR) is 254 cm³/mol. The number of hydrogen-bond donors (Lipinski definition) is 0. The van der Waals surface area contributed by atoms with Crippen molar-refractivity contribution in [3.05, 3.63) is 204 Å². The second-order valence-corrected chi connectivity index (χ2v) is 17.1. The summed E-state index contributed by atoms with van der Waals surface area (Å²) < 4.78 is 9.05. The summed E-state index contributed by atoms with van der Waals surface area (Å²) in [4.78, 5) is 12.2. The standard InChI is InChI=1S/C56H42N5O.Pt/c1-35-30-36(2)53(37(3)31-35)59-34-58(49-24-13-14-25-50(49)59)39-18-15-19-40(32-39)62-41-26-27-42-43-28-29-51-52(54(43)61-48-23-12-10-21-46(48)57-55(61)44(42)33-41)56(4,5)45-20-9-11-22-47(45)60(51)38-16-7-6-8-17-38;/h6-31,34H,1-5H3;/q-3;. The summed E-state index contributed by atoms with van der Waals surface area (Å²) in [5.74, 6) is 1.20. The number of aromatic nitrogens is 2. The van der Waals surface area contributed by atoms with E-state index in [1.807, 2.05) is 18.2 Å². The van der Waals surface area contributed by atoms with E-state index in [1.165, 1.54) is 39.2 Å². The fourth-order valence-electron chi connectivity index (χ4n) is 10.3. The molecule has 4 heterocycles. The van der Waals surface area contributed by atoms with Gasteiger partial charge in [0.15, 0.2) is 0 Å². The molecule has 0 saturated heterocycles. The Bertz CT molecular complexity index is 3440. The Morgan fingerprint density at radius 3 is 2.06 bits per heavy atom. The van der Waals surface area contributed by atoms with Gasteiger partial charge in [-0.15, -0.1) is 42.7 Å². The SMILES string of the molecule is Cc1cc(C)c(N2[CH-]N(c3[c-]c(Oc4[c-]c5c(cc4)c4ccc6c(c4n4c7ccccc7nc54)C(C)(C)c4ccccc4N6c4ccccc4)ccc3)c3ccccc32)c(C)c1.[Pt]. The molecule has 0 unspecified atom stereocenters. The van der Waals surface area contributed by atoms with Gasteiger partial charge in [-0.1, -0.05) is 115 Å². The van der Waals surface area contributed by atoms with Gasteiger partial charge >= 0.3 is 0 Å². The van der Waals surface area contributed by atoms with Gasteiger partial charge in [-0.3, -0.25) is 4.98 Å². The molecule has 0 saturated carbocycles. The largest absolute Gasteiger partial charge is 0.503 e. The van der Waals surface area contributed by atoms with Gasteiger partial charge in [-0.2, -0.15) is 6.07 Å². The number of hydrogen-bond acceptors (Lipinski definition) is 5. The van der Waals surface area contributed by atoms with E-state index in [0.717, 1.165) is 66.8 Å². The molecule has 0 bridgehead atoms. The monoisotopic (exact) mass is 995 g/mol. The van der Waals surface area contributed by atoms with Crippen molar-refractivity contribution in [3.8, 4) is 11.5 Å². The molecule has 0 radical (unpaired) electrons. The van der Waals surface area contributed by atoms with E-state index < -0.39 is 0 Å². The third-order valence-electron chi connectivity index (χ3n) is 12.8. The van der Waals surface area contributed by atoms with Crippen LogP contribution in [-0.2, 0) is 26.5 Å². The normalized spacial score (nSPS) is 14.0. The second-order valence-electron chi connectivity index (χ2n) is 17.1. The molecule has 7 heteroatoms. The van der Waals surface area contributed by atoms with Crippen molar-refractivity contribution in [2.45, 2.75) is 40.0 Å². The summed E-state index contributed by atoms with van der Waals surface area (Å²) in [5, 5.41) is 3.11. The van der Waals surface area contributed by atoms with Crippen LogP contribution in [0.3, 0.4) is 0 Å². The van der Waals surface area contributed by atoms with Crippen molar-refractivity contribution >= 4 is 78.2 Å². The molecule has 0 spiro atoms. The molecule has 2 aliphatic heterocycles. The van der Waals surface area contributed by atoms with E-state index >= 15 is 0 Å². The molecule has 2 aromatic heterocycles. The Morgan fingerprint density at radius 1 is 0.603 bits per heavy atom. The number of pyridine rings is 1. The summed E-state index contributed by atoms with van der Waals surface area (Å²) in [6.45, 7) is 13.4. The fraction of sp³-hybridized carbons (Fsp3) is 0.107. The minimum absolute atomic E-state index is 0. The number of nitrogens with zero attached hydrogens (tertiary/aromatic N) is 5. The van der Waals surface area contributed by atoms with Crippen molar-refractivity contribution in [1.82, 2.24) is 9.38 Å².